The SMILES string of the molecule is Cc1cccc2sc3cc(-c4ccccc4)ccc3c12. The van der Waals surface area contributed by atoms with Crippen molar-refractivity contribution in [1.29, 1.82) is 0 Å². The molecule has 0 unspecified atom stereocenters. The van der Waals surface area contributed by atoms with E-state index < -0.39 is 0 Å². The van der Waals surface area contributed by atoms with Crippen LogP contribution in [0.15, 0.2) is 66.7 Å². The summed E-state index contributed by atoms with van der Waals surface area (Å²) in [5, 5.41) is 2.79. The molecule has 0 aliphatic heterocycles. The zero-order valence-corrected chi connectivity index (χ0v) is 12.1. The van der Waals surface area contributed by atoms with Crippen LogP contribution >= 0.6 is 11.3 Å². The molecule has 0 bridgehead atoms. The zero-order valence-electron chi connectivity index (χ0n) is 11.3. The second-order valence-electron chi connectivity index (χ2n) is 5.13. The van der Waals surface area contributed by atoms with Crippen LogP contribution in [0.3, 0.4) is 0 Å². The minimum atomic E-state index is 1.28. The fourth-order valence-corrected chi connectivity index (χ4v) is 4.04. The van der Waals surface area contributed by atoms with Crippen LogP contribution < -0.4 is 0 Å². The second-order valence-corrected chi connectivity index (χ2v) is 6.21. The van der Waals surface area contributed by atoms with Crippen molar-refractivity contribution in [3.05, 3.63) is 72.3 Å². The molecule has 0 N–H and O–H groups in total. The molecule has 20 heavy (non-hydrogen) atoms. The van der Waals surface area contributed by atoms with Crippen molar-refractivity contribution in [2.24, 2.45) is 0 Å². The summed E-state index contributed by atoms with van der Waals surface area (Å²) in [5.41, 5.74) is 3.94. The quantitative estimate of drug-likeness (QED) is 0.397. The van der Waals surface area contributed by atoms with Crippen molar-refractivity contribution in [2.45, 2.75) is 6.92 Å². The normalized spacial score (nSPS) is 11.2. The highest BCUT2D eigenvalue weighted by molar-refractivity contribution is 7.25. The van der Waals surface area contributed by atoms with Crippen LogP contribution in [0.4, 0.5) is 0 Å². The van der Waals surface area contributed by atoms with Gasteiger partial charge in [0.25, 0.3) is 0 Å². The van der Waals surface area contributed by atoms with Crippen molar-refractivity contribution >= 4 is 31.5 Å². The largest absolute Gasteiger partial charge is 0.135 e. The molecule has 0 atom stereocenters. The Hall–Kier alpha value is -2.12. The van der Waals surface area contributed by atoms with Gasteiger partial charge in [-0.15, -0.1) is 11.3 Å². The molecule has 0 saturated carbocycles. The van der Waals surface area contributed by atoms with E-state index in [4.69, 9.17) is 0 Å². The second kappa shape index (κ2) is 4.46. The summed E-state index contributed by atoms with van der Waals surface area (Å²) in [5.74, 6) is 0. The van der Waals surface area contributed by atoms with Crippen molar-refractivity contribution in [3.63, 3.8) is 0 Å². The zero-order chi connectivity index (χ0) is 13.5. The molecule has 96 valence electrons. The third kappa shape index (κ3) is 1.75. The summed E-state index contributed by atoms with van der Waals surface area (Å²) < 4.78 is 2.75. The highest BCUT2D eigenvalue weighted by Gasteiger charge is 2.08. The van der Waals surface area contributed by atoms with Crippen LogP contribution in [-0.4, -0.2) is 0 Å². The number of benzene rings is 3. The maximum atomic E-state index is 2.31. The van der Waals surface area contributed by atoms with Gasteiger partial charge in [-0.25, -0.2) is 0 Å². The van der Waals surface area contributed by atoms with Crippen molar-refractivity contribution in [1.82, 2.24) is 0 Å². The van der Waals surface area contributed by atoms with Gasteiger partial charge in [-0.1, -0.05) is 54.6 Å². The van der Waals surface area contributed by atoms with E-state index in [-0.39, 0.29) is 0 Å². The number of hydrogen-bond acceptors (Lipinski definition) is 1. The fourth-order valence-electron chi connectivity index (χ4n) is 2.81. The molecule has 1 aromatic heterocycles. The predicted octanol–water partition coefficient (Wildman–Crippen LogP) is 6.03. The molecule has 0 aliphatic rings. The Bertz CT molecular complexity index is 901. The maximum absolute atomic E-state index is 2.31. The van der Waals surface area contributed by atoms with Crippen LogP contribution in [0, 0.1) is 6.92 Å². The lowest BCUT2D eigenvalue weighted by molar-refractivity contribution is 1.55. The molecule has 0 fully saturated rings. The van der Waals surface area contributed by atoms with E-state index in [9.17, 15) is 0 Å². The highest BCUT2D eigenvalue weighted by atomic mass is 32.1. The lowest BCUT2D eigenvalue weighted by atomic mass is 10.0. The summed E-state index contributed by atoms with van der Waals surface area (Å²) in [6.45, 7) is 2.19. The Labute approximate surface area is 122 Å². The van der Waals surface area contributed by atoms with Gasteiger partial charge in [-0.05, 0) is 35.7 Å². The van der Waals surface area contributed by atoms with E-state index in [1.807, 2.05) is 11.3 Å². The standard InChI is InChI=1S/C19H14S/c1-13-6-5-9-17-19(13)16-11-10-15(12-18(16)20-17)14-7-3-2-4-8-14/h2-12H,1H3. The third-order valence-electron chi connectivity index (χ3n) is 3.81. The van der Waals surface area contributed by atoms with Gasteiger partial charge in [0.2, 0.25) is 0 Å². The van der Waals surface area contributed by atoms with Gasteiger partial charge in [-0.3, -0.25) is 0 Å². The van der Waals surface area contributed by atoms with Gasteiger partial charge in [-0.2, -0.15) is 0 Å². The van der Waals surface area contributed by atoms with Crippen molar-refractivity contribution < 1.29 is 0 Å². The molecule has 0 amide bonds. The van der Waals surface area contributed by atoms with E-state index >= 15 is 0 Å². The first kappa shape index (κ1) is 11.7. The van der Waals surface area contributed by atoms with Gasteiger partial charge < -0.3 is 0 Å². The van der Waals surface area contributed by atoms with E-state index in [1.165, 1.54) is 36.9 Å². The van der Waals surface area contributed by atoms with Crippen LogP contribution in [-0.2, 0) is 0 Å². The Kier molecular flexibility index (Phi) is 2.61. The van der Waals surface area contributed by atoms with Crippen molar-refractivity contribution in [2.75, 3.05) is 0 Å². The Balaban J connectivity index is 2.01. The van der Waals surface area contributed by atoms with Crippen molar-refractivity contribution in [3.8, 4) is 11.1 Å². The summed E-state index contributed by atoms with van der Waals surface area (Å²) in [6, 6.07) is 23.9. The minimum Gasteiger partial charge on any atom is -0.135 e. The van der Waals surface area contributed by atoms with Crippen LogP contribution in [0.5, 0.6) is 0 Å². The number of hydrogen-bond donors (Lipinski definition) is 0. The fraction of sp³-hybridized carbons (Fsp3) is 0.0526. The molecule has 0 spiro atoms. The molecule has 3 aromatic carbocycles. The predicted molar refractivity (Wildman–Crippen MR) is 89.5 cm³/mol. The molecule has 0 saturated heterocycles. The first-order chi connectivity index (χ1) is 9.83. The Morgan fingerprint density at radius 1 is 0.700 bits per heavy atom. The van der Waals surface area contributed by atoms with Gasteiger partial charge in [0.15, 0.2) is 0 Å². The molecule has 0 aliphatic carbocycles. The van der Waals surface area contributed by atoms with Gasteiger partial charge in [0, 0.05) is 20.2 Å². The van der Waals surface area contributed by atoms with Gasteiger partial charge in [0.05, 0.1) is 0 Å². The highest BCUT2D eigenvalue weighted by Crippen LogP contribution is 2.37. The van der Waals surface area contributed by atoms with E-state index in [0.717, 1.165) is 0 Å². The molecule has 0 nitrogen and oxygen atoms in total. The minimum absolute atomic E-state index is 1.28. The van der Waals surface area contributed by atoms with E-state index in [1.54, 1.807) is 0 Å². The first-order valence-corrected chi connectivity index (χ1v) is 7.62. The van der Waals surface area contributed by atoms with Crippen LogP contribution in [0.1, 0.15) is 5.56 Å². The third-order valence-corrected chi connectivity index (χ3v) is 4.93. The smallest absolute Gasteiger partial charge is 0.0361 e. The number of aryl methyl sites for hydroxylation is 1. The molecule has 4 rings (SSSR count). The first-order valence-electron chi connectivity index (χ1n) is 6.80. The average molecular weight is 274 g/mol. The molecular weight excluding hydrogens is 260 g/mol. The van der Waals surface area contributed by atoms with Gasteiger partial charge in [0.1, 0.15) is 0 Å². The summed E-state index contributed by atoms with van der Waals surface area (Å²) in [4.78, 5) is 0. The summed E-state index contributed by atoms with van der Waals surface area (Å²) in [6.07, 6.45) is 0. The van der Waals surface area contributed by atoms with Gasteiger partial charge >= 0.3 is 0 Å². The van der Waals surface area contributed by atoms with E-state index in [0.29, 0.717) is 0 Å². The monoisotopic (exact) mass is 274 g/mol. The lowest BCUT2D eigenvalue weighted by Crippen LogP contribution is -1.77. The van der Waals surface area contributed by atoms with Crippen LogP contribution in [0.2, 0.25) is 0 Å². The number of thiophene rings is 1. The average Bonchev–Trinajstić information content (AvgIpc) is 2.87. The Morgan fingerprint density at radius 2 is 1.55 bits per heavy atom. The number of fused-ring (bicyclic) bond motifs is 3. The van der Waals surface area contributed by atoms with Crippen LogP contribution in [0.25, 0.3) is 31.3 Å². The summed E-state index contributed by atoms with van der Waals surface area (Å²) >= 11 is 1.88. The molecule has 1 heteroatoms. The topological polar surface area (TPSA) is 0 Å². The molecule has 0 radical (unpaired) electrons. The van der Waals surface area contributed by atoms with E-state index in [2.05, 4.69) is 73.7 Å². The molecule has 1 heterocycles. The summed E-state index contributed by atoms with van der Waals surface area (Å²) in [7, 11) is 0. The molecule has 4 aromatic rings. The molecular formula is C19H14S. The lowest BCUT2D eigenvalue weighted by Gasteiger charge is -2.02. The number of rotatable bonds is 1. The Morgan fingerprint density at radius 3 is 2.40 bits per heavy atom. The maximum Gasteiger partial charge on any atom is 0.0361 e.